The summed E-state index contributed by atoms with van der Waals surface area (Å²) in [5.74, 6) is -0.820. The third kappa shape index (κ3) is 7.21. The van der Waals surface area contributed by atoms with E-state index in [9.17, 15) is 18.0 Å². The van der Waals surface area contributed by atoms with Gasteiger partial charge in [0.1, 0.15) is 12.6 Å². The second-order valence-electron chi connectivity index (χ2n) is 7.34. The molecular formula is C22H27BrClN3O4S. The second kappa shape index (κ2) is 11.7. The van der Waals surface area contributed by atoms with Gasteiger partial charge in [-0.15, -0.1) is 0 Å². The van der Waals surface area contributed by atoms with Crippen LogP contribution in [-0.4, -0.2) is 50.5 Å². The molecule has 0 aromatic heterocycles. The van der Waals surface area contributed by atoms with Crippen molar-refractivity contribution in [2.45, 2.75) is 32.9 Å². The molecule has 0 aliphatic carbocycles. The van der Waals surface area contributed by atoms with E-state index in [4.69, 9.17) is 11.6 Å². The summed E-state index contributed by atoms with van der Waals surface area (Å²) in [5, 5.41) is 3.29. The Morgan fingerprint density at radius 3 is 2.44 bits per heavy atom. The highest BCUT2D eigenvalue weighted by atomic mass is 79.9. The van der Waals surface area contributed by atoms with Gasteiger partial charge in [-0.3, -0.25) is 13.9 Å². The van der Waals surface area contributed by atoms with Crippen molar-refractivity contribution in [3.63, 3.8) is 0 Å². The van der Waals surface area contributed by atoms with Crippen LogP contribution in [0.3, 0.4) is 0 Å². The van der Waals surface area contributed by atoms with Crippen LogP contribution in [0.2, 0.25) is 5.02 Å². The fourth-order valence-electron chi connectivity index (χ4n) is 3.06. The van der Waals surface area contributed by atoms with Gasteiger partial charge in [0, 0.05) is 22.6 Å². The summed E-state index contributed by atoms with van der Waals surface area (Å²) in [7, 11) is -3.77. The minimum Gasteiger partial charge on any atom is -0.354 e. The Bertz CT molecular complexity index is 1060. The SMILES string of the molecule is CCCNC(=O)[C@H](C)N(Cc1cccc(Cl)c1)C(=O)CN(c1ccccc1Br)S(C)(=O)=O. The van der Waals surface area contributed by atoms with Gasteiger partial charge in [-0.2, -0.15) is 0 Å². The fourth-order valence-corrected chi connectivity index (χ4v) is 4.75. The monoisotopic (exact) mass is 543 g/mol. The third-order valence-corrected chi connectivity index (χ3v) is 6.79. The number of amides is 2. The van der Waals surface area contributed by atoms with Crippen molar-refractivity contribution in [3.8, 4) is 0 Å². The number of rotatable bonds is 10. The number of carbonyl (C=O) groups excluding carboxylic acids is 2. The fraction of sp³-hybridized carbons (Fsp3) is 0.364. The maximum atomic E-state index is 13.4. The van der Waals surface area contributed by atoms with Gasteiger partial charge >= 0.3 is 0 Å². The van der Waals surface area contributed by atoms with Crippen molar-refractivity contribution in [2.24, 2.45) is 0 Å². The smallest absolute Gasteiger partial charge is 0.244 e. The summed E-state index contributed by atoms with van der Waals surface area (Å²) in [4.78, 5) is 27.4. The van der Waals surface area contributed by atoms with E-state index >= 15 is 0 Å². The van der Waals surface area contributed by atoms with Crippen molar-refractivity contribution in [3.05, 3.63) is 63.6 Å². The molecule has 0 saturated carbocycles. The molecule has 174 valence electrons. The zero-order chi connectivity index (χ0) is 23.9. The number of benzene rings is 2. The molecule has 0 spiro atoms. The lowest BCUT2D eigenvalue weighted by atomic mass is 10.1. The van der Waals surface area contributed by atoms with E-state index in [1.54, 1.807) is 55.5 Å². The minimum atomic E-state index is -3.77. The predicted molar refractivity (Wildman–Crippen MR) is 131 cm³/mol. The van der Waals surface area contributed by atoms with Gasteiger partial charge in [-0.25, -0.2) is 8.42 Å². The summed E-state index contributed by atoms with van der Waals surface area (Å²) < 4.78 is 26.6. The molecule has 10 heteroatoms. The number of anilines is 1. The van der Waals surface area contributed by atoms with Crippen LogP contribution < -0.4 is 9.62 Å². The molecule has 7 nitrogen and oxygen atoms in total. The number of sulfonamides is 1. The molecule has 0 heterocycles. The molecule has 0 bridgehead atoms. The van der Waals surface area contributed by atoms with E-state index in [1.165, 1.54) is 4.90 Å². The third-order valence-electron chi connectivity index (χ3n) is 4.76. The highest BCUT2D eigenvalue weighted by Crippen LogP contribution is 2.28. The first kappa shape index (κ1) is 26.2. The summed E-state index contributed by atoms with van der Waals surface area (Å²) >= 11 is 9.43. The standard InChI is InChI=1S/C22H27BrClN3O4S/c1-4-12-25-22(29)16(2)26(14-17-8-7-9-18(24)13-17)21(28)15-27(32(3,30)31)20-11-6-5-10-19(20)23/h5-11,13,16H,4,12,14-15H2,1-3H3,(H,25,29)/t16-/m0/s1. The Labute approximate surface area is 202 Å². The molecule has 2 rings (SSSR count). The first-order valence-electron chi connectivity index (χ1n) is 10.1. The van der Waals surface area contributed by atoms with Crippen molar-refractivity contribution in [1.29, 1.82) is 0 Å². The van der Waals surface area contributed by atoms with Gasteiger partial charge < -0.3 is 10.2 Å². The lowest BCUT2D eigenvalue weighted by molar-refractivity contribution is -0.139. The largest absolute Gasteiger partial charge is 0.354 e. The second-order valence-corrected chi connectivity index (χ2v) is 10.5. The number of nitrogens with one attached hydrogen (secondary N) is 1. The van der Waals surface area contributed by atoms with Gasteiger partial charge in [-0.05, 0) is 59.1 Å². The zero-order valence-corrected chi connectivity index (χ0v) is 21.4. The zero-order valence-electron chi connectivity index (χ0n) is 18.2. The molecule has 0 aliphatic heterocycles. The van der Waals surface area contributed by atoms with Gasteiger partial charge in [0.25, 0.3) is 0 Å². The number of hydrogen-bond donors (Lipinski definition) is 1. The quantitative estimate of drug-likeness (QED) is 0.493. The molecule has 2 amide bonds. The number of nitrogens with zero attached hydrogens (tertiary/aromatic N) is 2. The van der Waals surface area contributed by atoms with E-state index in [1.807, 2.05) is 6.92 Å². The van der Waals surface area contributed by atoms with Crippen LogP contribution >= 0.6 is 27.5 Å². The topological polar surface area (TPSA) is 86.8 Å². The van der Waals surface area contributed by atoms with E-state index in [2.05, 4.69) is 21.2 Å². The molecule has 0 saturated heterocycles. The van der Waals surface area contributed by atoms with Gasteiger partial charge in [0.2, 0.25) is 21.8 Å². The summed E-state index contributed by atoms with van der Waals surface area (Å²) in [6.45, 7) is 3.69. The number of carbonyl (C=O) groups is 2. The van der Waals surface area contributed by atoms with Crippen LogP contribution in [-0.2, 0) is 26.2 Å². The Hall–Kier alpha value is -2.10. The van der Waals surface area contributed by atoms with Crippen LogP contribution in [0.1, 0.15) is 25.8 Å². The summed E-state index contributed by atoms with van der Waals surface area (Å²) in [5.41, 5.74) is 1.07. The Morgan fingerprint density at radius 2 is 1.84 bits per heavy atom. The molecule has 0 unspecified atom stereocenters. The van der Waals surface area contributed by atoms with E-state index < -0.39 is 28.5 Å². The maximum Gasteiger partial charge on any atom is 0.244 e. The molecule has 0 fully saturated rings. The average Bonchev–Trinajstić information content (AvgIpc) is 2.73. The molecule has 32 heavy (non-hydrogen) atoms. The van der Waals surface area contributed by atoms with Crippen LogP contribution in [0, 0.1) is 0 Å². The molecule has 1 N–H and O–H groups in total. The van der Waals surface area contributed by atoms with Crippen molar-refractivity contribution in [1.82, 2.24) is 10.2 Å². The van der Waals surface area contributed by atoms with Crippen LogP contribution in [0.4, 0.5) is 5.69 Å². The Morgan fingerprint density at radius 1 is 1.16 bits per heavy atom. The molecule has 1 atom stereocenters. The lowest BCUT2D eigenvalue weighted by Crippen LogP contribution is -2.51. The number of para-hydroxylation sites is 1. The minimum absolute atomic E-state index is 0.105. The number of halogens is 2. The van der Waals surface area contributed by atoms with Crippen LogP contribution in [0.15, 0.2) is 53.0 Å². The molecule has 2 aromatic rings. The van der Waals surface area contributed by atoms with Gasteiger partial charge in [0.15, 0.2) is 0 Å². The predicted octanol–water partition coefficient (Wildman–Crippen LogP) is 3.81. The van der Waals surface area contributed by atoms with E-state index in [-0.39, 0.29) is 12.5 Å². The van der Waals surface area contributed by atoms with E-state index in [0.29, 0.717) is 21.7 Å². The van der Waals surface area contributed by atoms with Crippen LogP contribution in [0.25, 0.3) is 0 Å². The molecule has 2 aromatic carbocycles. The highest BCUT2D eigenvalue weighted by molar-refractivity contribution is 9.10. The van der Waals surface area contributed by atoms with Crippen molar-refractivity contribution in [2.75, 3.05) is 23.7 Å². The summed E-state index contributed by atoms with van der Waals surface area (Å²) in [6.07, 6.45) is 1.79. The molecule has 0 aliphatic rings. The van der Waals surface area contributed by atoms with E-state index in [0.717, 1.165) is 22.5 Å². The molecule has 0 radical (unpaired) electrons. The van der Waals surface area contributed by atoms with Gasteiger partial charge in [-0.1, -0.05) is 42.8 Å². The van der Waals surface area contributed by atoms with Crippen LogP contribution in [0.5, 0.6) is 0 Å². The normalized spacial score (nSPS) is 12.2. The lowest BCUT2D eigenvalue weighted by Gasteiger charge is -2.31. The van der Waals surface area contributed by atoms with Crippen molar-refractivity contribution >= 4 is 55.1 Å². The van der Waals surface area contributed by atoms with Crippen molar-refractivity contribution < 1.29 is 18.0 Å². The first-order chi connectivity index (χ1) is 15.0. The number of hydrogen-bond acceptors (Lipinski definition) is 4. The highest BCUT2D eigenvalue weighted by Gasteiger charge is 2.30. The molecular weight excluding hydrogens is 518 g/mol. The summed E-state index contributed by atoms with van der Waals surface area (Å²) in [6, 6.07) is 12.9. The first-order valence-corrected chi connectivity index (χ1v) is 13.1. The Kier molecular flexibility index (Phi) is 9.54. The van der Waals surface area contributed by atoms with Gasteiger partial charge in [0.05, 0.1) is 11.9 Å². The Balaban J connectivity index is 2.38. The average molecular weight is 545 g/mol. The maximum absolute atomic E-state index is 13.4.